The maximum absolute atomic E-state index is 16.6. The lowest BCUT2D eigenvalue weighted by Crippen LogP contribution is -2.57. The second-order valence-corrected chi connectivity index (χ2v) is 14.6. The molecule has 7 rings (SSSR count). The predicted octanol–water partition coefficient (Wildman–Crippen LogP) is 5.68. The van der Waals surface area contributed by atoms with E-state index >= 15 is 4.39 Å². The number of pyridine rings is 2. The van der Waals surface area contributed by atoms with E-state index in [2.05, 4.69) is 19.9 Å². The molecule has 2 bridgehead atoms. The van der Waals surface area contributed by atoms with Crippen molar-refractivity contribution in [2.45, 2.75) is 95.4 Å². The Morgan fingerprint density at radius 3 is 2.47 bits per heavy atom. The van der Waals surface area contributed by atoms with Gasteiger partial charge in [-0.2, -0.15) is 23.1 Å². The number of alkyl halides is 4. The molecule has 4 aliphatic heterocycles. The van der Waals surface area contributed by atoms with Crippen LogP contribution in [0, 0.1) is 12.7 Å². The van der Waals surface area contributed by atoms with Crippen LogP contribution in [-0.2, 0) is 10.9 Å². The van der Waals surface area contributed by atoms with Crippen molar-refractivity contribution in [3.05, 3.63) is 29.2 Å². The number of carbonyl (C=O) groups is 1. The van der Waals surface area contributed by atoms with Crippen LogP contribution >= 0.6 is 0 Å². The first-order chi connectivity index (χ1) is 23.0. The van der Waals surface area contributed by atoms with Crippen LogP contribution in [0.3, 0.4) is 0 Å². The number of piperazine rings is 1. The number of fused-ring (bicyclic) bond motifs is 4. The third-order valence-corrected chi connectivity index (χ3v) is 10.0. The Morgan fingerprint density at radius 2 is 1.80 bits per heavy atom. The number of ether oxygens (including phenoxy) is 2. The van der Waals surface area contributed by atoms with Gasteiger partial charge in [0.1, 0.15) is 46.9 Å². The number of aromatic nitrogens is 4. The molecule has 4 atom stereocenters. The molecular formula is C33H39F5N8O3. The first-order valence-corrected chi connectivity index (χ1v) is 16.5. The first kappa shape index (κ1) is 33.4. The van der Waals surface area contributed by atoms with Crippen molar-refractivity contribution in [1.29, 1.82) is 0 Å². The zero-order valence-electron chi connectivity index (χ0n) is 27.8. The van der Waals surface area contributed by atoms with Crippen LogP contribution in [0.2, 0.25) is 0 Å². The summed E-state index contributed by atoms with van der Waals surface area (Å²) in [5.74, 6) is -1.10. The Morgan fingerprint density at radius 1 is 1.08 bits per heavy atom. The Bertz CT molecular complexity index is 1790. The summed E-state index contributed by atoms with van der Waals surface area (Å²) in [6.45, 7) is 8.38. The topological polar surface area (TPSA) is 123 Å². The minimum Gasteiger partial charge on any atom is -0.461 e. The number of aryl methyl sites for hydroxylation is 1. The van der Waals surface area contributed by atoms with E-state index in [1.807, 2.05) is 4.90 Å². The van der Waals surface area contributed by atoms with Gasteiger partial charge in [0.15, 0.2) is 5.82 Å². The Kier molecular flexibility index (Phi) is 8.03. The highest BCUT2D eigenvalue weighted by Crippen LogP contribution is 2.43. The van der Waals surface area contributed by atoms with Gasteiger partial charge in [-0.05, 0) is 71.6 Å². The number of nitrogen functional groups attached to an aromatic ring is 1. The van der Waals surface area contributed by atoms with Crippen molar-refractivity contribution in [2.75, 3.05) is 43.4 Å². The molecule has 0 unspecified atom stereocenters. The van der Waals surface area contributed by atoms with E-state index < -0.39 is 52.3 Å². The summed E-state index contributed by atoms with van der Waals surface area (Å²) in [5.41, 5.74) is 1.47. The minimum atomic E-state index is -4.87. The van der Waals surface area contributed by atoms with Gasteiger partial charge < -0.3 is 20.1 Å². The molecule has 3 aromatic heterocycles. The van der Waals surface area contributed by atoms with E-state index in [9.17, 15) is 22.4 Å². The molecule has 0 aliphatic carbocycles. The summed E-state index contributed by atoms with van der Waals surface area (Å²) in [4.78, 5) is 35.9. The van der Waals surface area contributed by atoms with Crippen molar-refractivity contribution < 1.29 is 36.2 Å². The molecule has 0 radical (unpaired) electrons. The molecule has 49 heavy (non-hydrogen) atoms. The normalized spacial score (nSPS) is 25.7. The van der Waals surface area contributed by atoms with E-state index in [0.29, 0.717) is 38.9 Å². The lowest BCUT2D eigenvalue weighted by Gasteiger charge is -2.42. The van der Waals surface area contributed by atoms with Crippen LogP contribution < -0.4 is 15.4 Å². The number of rotatable bonds is 5. The van der Waals surface area contributed by atoms with Crippen molar-refractivity contribution >= 4 is 28.6 Å². The van der Waals surface area contributed by atoms with Gasteiger partial charge in [0.2, 0.25) is 0 Å². The maximum atomic E-state index is 16.6. The van der Waals surface area contributed by atoms with Gasteiger partial charge in [-0.25, -0.2) is 18.6 Å². The van der Waals surface area contributed by atoms with Crippen molar-refractivity contribution in [3.63, 3.8) is 0 Å². The molecule has 4 fully saturated rings. The molecule has 2 N–H and O–H groups in total. The SMILES string of the molecule is Cc1cc(N)nc(-c2ncc3c(N4C[C@H]5CC[C@@H](C4)N5C(=O)OC(C)(C)C)nc(OC[C@@]45CCCN4C[C@H](F)C5)nc3c2F)c1C(F)(F)F. The Hall–Kier alpha value is -4.08. The van der Waals surface area contributed by atoms with Crippen LogP contribution in [0.15, 0.2) is 12.3 Å². The highest BCUT2D eigenvalue weighted by Gasteiger charge is 2.50. The third-order valence-electron chi connectivity index (χ3n) is 10.0. The highest BCUT2D eigenvalue weighted by molar-refractivity contribution is 5.92. The van der Waals surface area contributed by atoms with Crippen molar-refractivity contribution in [3.8, 4) is 17.4 Å². The maximum Gasteiger partial charge on any atom is 0.418 e. The largest absolute Gasteiger partial charge is 0.461 e. The average Bonchev–Trinajstić information content (AvgIpc) is 3.61. The van der Waals surface area contributed by atoms with Gasteiger partial charge in [-0.1, -0.05) is 0 Å². The molecule has 264 valence electrons. The number of hydrogen-bond donors (Lipinski definition) is 1. The fourth-order valence-electron chi connectivity index (χ4n) is 8.06. The van der Waals surface area contributed by atoms with Crippen LogP contribution in [0.5, 0.6) is 6.01 Å². The van der Waals surface area contributed by atoms with E-state index in [1.54, 1.807) is 25.7 Å². The van der Waals surface area contributed by atoms with Gasteiger partial charge in [0.25, 0.3) is 0 Å². The predicted molar refractivity (Wildman–Crippen MR) is 170 cm³/mol. The lowest BCUT2D eigenvalue weighted by molar-refractivity contribution is -0.137. The van der Waals surface area contributed by atoms with E-state index in [4.69, 9.17) is 20.2 Å². The molecular weight excluding hydrogens is 651 g/mol. The minimum absolute atomic E-state index is 0.0593. The summed E-state index contributed by atoms with van der Waals surface area (Å²) >= 11 is 0. The number of halogens is 5. The number of anilines is 2. The number of nitrogens with two attached hydrogens (primary N) is 1. The Labute approximate surface area is 280 Å². The lowest BCUT2D eigenvalue weighted by atomic mass is 9.95. The van der Waals surface area contributed by atoms with Gasteiger partial charge in [-0.3, -0.25) is 14.8 Å². The van der Waals surface area contributed by atoms with Crippen LogP contribution in [0.1, 0.15) is 64.0 Å². The molecule has 1 amide bonds. The summed E-state index contributed by atoms with van der Waals surface area (Å²) < 4.78 is 85.6. The Balaban J connectivity index is 1.31. The average molecular weight is 691 g/mol. The smallest absolute Gasteiger partial charge is 0.418 e. The molecule has 0 saturated carbocycles. The molecule has 7 heterocycles. The molecule has 11 nitrogen and oxygen atoms in total. The molecule has 4 aliphatic rings. The molecule has 16 heteroatoms. The van der Waals surface area contributed by atoms with Crippen molar-refractivity contribution in [2.24, 2.45) is 0 Å². The number of hydrogen-bond acceptors (Lipinski definition) is 10. The van der Waals surface area contributed by atoms with E-state index in [-0.39, 0.29) is 59.2 Å². The van der Waals surface area contributed by atoms with E-state index in [1.165, 1.54) is 13.1 Å². The quantitative estimate of drug-likeness (QED) is 0.335. The van der Waals surface area contributed by atoms with E-state index in [0.717, 1.165) is 19.0 Å². The van der Waals surface area contributed by atoms with Crippen molar-refractivity contribution in [1.82, 2.24) is 29.7 Å². The molecule has 0 spiro atoms. The summed E-state index contributed by atoms with van der Waals surface area (Å²) in [6, 6.07) is 0.427. The summed E-state index contributed by atoms with van der Waals surface area (Å²) in [6.07, 6.45) is -1.75. The first-order valence-electron chi connectivity index (χ1n) is 16.5. The van der Waals surface area contributed by atoms with Crippen LogP contribution in [0.25, 0.3) is 22.3 Å². The summed E-state index contributed by atoms with van der Waals surface area (Å²) in [5, 5.41) is 0.151. The monoisotopic (exact) mass is 690 g/mol. The number of nitrogens with zero attached hydrogens (tertiary/aromatic N) is 7. The number of amides is 1. The molecule has 3 aromatic rings. The fraction of sp³-hybridized carbons (Fsp3) is 0.606. The second-order valence-electron chi connectivity index (χ2n) is 14.6. The highest BCUT2D eigenvalue weighted by atomic mass is 19.4. The van der Waals surface area contributed by atoms with Gasteiger partial charge in [-0.15, -0.1) is 0 Å². The van der Waals surface area contributed by atoms with Gasteiger partial charge >= 0.3 is 18.3 Å². The molecule has 4 saturated heterocycles. The zero-order valence-corrected chi connectivity index (χ0v) is 27.8. The zero-order chi connectivity index (χ0) is 35.0. The fourth-order valence-corrected chi connectivity index (χ4v) is 8.06. The van der Waals surface area contributed by atoms with Crippen LogP contribution in [0.4, 0.5) is 38.4 Å². The third kappa shape index (κ3) is 6.05. The van der Waals surface area contributed by atoms with Crippen LogP contribution in [-0.4, -0.2) is 98.0 Å². The standard InChI is InChI=1S/C33H39F5N8O3/c1-17-10-22(39)41-26(23(17)33(36,37)38)27-24(35)25-21(12-40-27)28(43-29(42-25)48-16-32-8-5-9-45(32)13-18(34)11-32)44-14-19-6-7-20(15-44)46(19)30(47)49-31(2,3)4/h10,12,18-20H,5-9,11,13-16H2,1-4H3,(H2,39,41)/t18-,19-,20+,32+/m1/s1. The second kappa shape index (κ2) is 11.8. The van der Waals surface area contributed by atoms with Gasteiger partial charge in [0, 0.05) is 32.3 Å². The van der Waals surface area contributed by atoms with Gasteiger partial charge in [0.05, 0.1) is 28.6 Å². The number of carbonyl (C=O) groups excluding carboxylic acids is 1. The molecule has 0 aromatic carbocycles. The summed E-state index contributed by atoms with van der Waals surface area (Å²) in [7, 11) is 0.